The predicted octanol–water partition coefficient (Wildman–Crippen LogP) is 1.20. The van der Waals surface area contributed by atoms with E-state index in [0.717, 1.165) is 31.6 Å². The molecule has 0 bridgehead atoms. The van der Waals surface area contributed by atoms with E-state index in [9.17, 15) is 26.4 Å². The zero-order valence-electron chi connectivity index (χ0n) is 19.3. The number of aliphatic carboxylic acids is 1. The van der Waals surface area contributed by atoms with Crippen molar-refractivity contribution >= 4 is 27.6 Å². The fourth-order valence-corrected chi connectivity index (χ4v) is 6.02. The third-order valence-corrected chi connectivity index (χ3v) is 8.05. The van der Waals surface area contributed by atoms with Gasteiger partial charge in [0.25, 0.3) is 0 Å². The summed E-state index contributed by atoms with van der Waals surface area (Å²) in [4.78, 5) is 23.3. The highest BCUT2D eigenvalue weighted by molar-refractivity contribution is 7.89. The lowest BCUT2D eigenvalue weighted by atomic mass is 9.85. The Bertz CT molecular complexity index is 962. The fourth-order valence-electron chi connectivity index (χ4n) is 4.21. The molecule has 0 aromatic heterocycles. The van der Waals surface area contributed by atoms with Crippen molar-refractivity contribution in [2.45, 2.75) is 25.9 Å². The second-order valence-corrected chi connectivity index (χ2v) is 10.4. The zero-order valence-corrected chi connectivity index (χ0v) is 20.1. The van der Waals surface area contributed by atoms with Gasteiger partial charge in [0.05, 0.1) is 11.7 Å². The Balaban J connectivity index is 0.000000540. The van der Waals surface area contributed by atoms with Crippen LogP contribution in [0.4, 0.5) is 18.9 Å². The van der Waals surface area contributed by atoms with Crippen LogP contribution in [0.15, 0.2) is 24.3 Å². The lowest BCUT2D eigenvalue weighted by Gasteiger charge is -2.37. The third kappa shape index (κ3) is 8.33. The lowest BCUT2D eigenvalue weighted by molar-refractivity contribution is -0.192. The Morgan fingerprint density at radius 2 is 1.69 bits per heavy atom. The van der Waals surface area contributed by atoms with E-state index in [1.54, 1.807) is 5.48 Å². The molecule has 4 N–H and O–H groups in total. The van der Waals surface area contributed by atoms with Gasteiger partial charge in [-0.2, -0.15) is 17.5 Å². The number of anilines is 1. The molecule has 1 aromatic carbocycles. The summed E-state index contributed by atoms with van der Waals surface area (Å²) in [5.74, 6) is -4.39. The molecule has 0 unspecified atom stereocenters. The Labute approximate surface area is 202 Å². The Hall–Kier alpha value is -2.42. The number of aryl methyl sites for hydroxylation is 1. The molecule has 1 amide bonds. The van der Waals surface area contributed by atoms with Crippen molar-refractivity contribution in [2.75, 3.05) is 49.9 Å². The molecule has 14 heteroatoms. The van der Waals surface area contributed by atoms with Gasteiger partial charge in [-0.3, -0.25) is 10.0 Å². The number of carboxylic acid groups (broad SMARTS) is 1. The number of nitrogens with one attached hydrogen (secondary N) is 2. The van der Waals surface area contributed by atoms with E-state index < -0.39 is 34.0 Å². The minimum absolute atomic E-state index is 0.0450. The molecule has 2 saturated heterocycles. The minimum atomic E-state index is -5.08. The Morgan fingerprint density at radius 3 is 2.17 bits per heavy atom. The van der Waals surface area contributed by atoms with Gasteiger partial charge in [0.2, 0.25) is 15.9 Å². The highest BCUT2D eigenvalue weighted by atomic mass is 32.2. The second-order valence-electron chi connectivity index (χ2n) is 8.42. The van der Waals surface area contributed by atoms with Crippen LogP contribution < -0.4 is 15.7 Å². The van der Waals surface area contributed by atoms with E-state index in [1.165, 1.54) is 9.87 Å². The predicted molar refractivity (Wildman–Crippen MR) is 121 cm³/mol. The topological polar surface area (TPSA) is 139 Å². The SMILES string of the molecule is Cc1ccccc1N1CCN(S(=O)(=O)C[C@@H](C(=O)NO)C2CCNCC2)CC1.O=C(O)C(F)(F)F. The Morgan fingerprint density at radius 1 is 1.14 bits per heavy atom. The number of carbonyl (C=O) groups is 2. The normalized spacial score (nSPS) is 18.8. The third-order valence-electron chi connectivity index (χ3n) is 6.12. The molecule has 2 aliphatic rings. The number of benzene rings is 1. The van der Waals surface area contributed by atoms with E-state index in [0.29, 0.717) is 26.2 Å². The number of alkyl halides is 3. The molecular formula is C21H31F3N4O6S. The van der Waals surface area contributed by atoms with Crippen LogP contribution in [0.25, 0.3) is 0 Å². The molecule has 35 heavy (non-hydrogen) atoms. The largest absolute Gasteiger partial charge is 0.490 e. The van der Waals surface area contributed by atoms with Crippen molar-refractivity contribution in [3.05, 3.63) is 29.8 Å². The van der Waals surface area contributed by atoms with E-state index in [4.69, 9.17) is 15.1 Å². The minimum Gasteiger partial charge on any atom is -0.475 e. The van der Waals surface area contributed by atoms with Crippen molar-refractivity contribution in [3.63, 3.8) is 0 Å². The number of halogens is 3. The summed E-state index contributed by atoms with van der Waals surface area (Å²) in [5, 5.41) is 19.4. The first-order valence-electron chi connectivity index (χ1n) is 11.1. The average molecular weight is 525 g/mol. The van der Waals surface area contributed by atoms with Gasteiger partial charge in [-0.1, -0.05) is 18.2 Å². The van der Waals surface area contributed by atoms with Gasteiger partial charge in [0, 0.05) is 31.9 Å². The number of hydroxylamine groups is 1. The molecule has 1 aromatic rings. The molecule has 2 heterocycles. The first kappa shape index (κ1) is 28.8. The quantitative estimate of drug-likeness (QED) is 0.322. The summed E-state index contributed by atoms with van der Waals surface area (Å²) in [6.07, 6.45) is -3.62. The van der Waals surface area contributed by atoms with E-state index in [-0.39, 0.29) is 11.7 Å². The fraction of sp³-hybridized carbons (Fsp3) is 0.619. The number of amides is 1. The van der Waals surface area contributed by atoms with Crippen LogP contribution in [0.5, 0.6) is 0 Å². The summed E-state index contributed by atoms with van der Waals surface area (Å²) in [6.45, 7) is 5.61. The number of nitrogens with zero attached hydrogens (tertiary/aromatic N) is 2. The second kappa shape index (κ2) is 12.5. The van der Waals surface area contributed by atoms with Crippen molar-refractivity contribution in [3.8, 4) is 0 Å². The standard InChI is InChI=1S/C19H30N4O4S.C2HF3O2/c1-15-4-2-3-5-18(15)22-10-12-23(13-11-22)28(26,27)14-17(19(24)21-25)16-6-8-20-9-7-16;3-2(4,5)1(6)7/h2-5,16-17,20,25H,6-14H2,1H3,(H,21,24);(H,6,7)/t17-;/m1./s1. The van der Waals surface area contributed by atoms with Crippen LogP contribution in [-0.2, 0) is 19.6 Å². The number of hydrogen-bond acceptors (Lipinski definition) is 7. The number of piperidine rings is 1. The van der Waals surface area contributed by atoms with E-state index in [1.807, 2.05) is 12.1 Å². The van der Waals surface area contributed by atoms with E-state index >= 15 is 0 Å². The molecule has 10 nitrogen and oxygen atoms in total. The summed E-state index contributed by atoms with van der Waals surface area (Å²) in [5.41, 5.74) is 3.97. The van der Waals surface area contributed by atoms with Gasteiger partial charge in [-0.25, -0.2) is 18.7 Å². The lowest BCUT2D eigenvalue weighted by Crippen LogP contribution is -2.51. The number of piperazine rings is 1. The van der Waals surface area contributed by atoms with Crippen molar-refractivity contribution < 1.29 is 41.5 Å². The summed E-state index contributed by atoms with van der Waals surface area (Å²) >= 11 is 0. The number of para-hydroxylation sites is 1. The number of rotatable bonds is 6. The molecule has 2 fully saturated rings. The highest BCUT2D eigenvalue weighted by Crippen LogP contribution is 2.26. The maximum Gasteiger partial charge on any atom is 0.490 e. The maximum absolute atomic E-state index is 13.0. The summed E-state index contributed by atoms with van der Waals surface area (Å²) in [6, 6.07) is 8.09. The highest BCUT2D eigenvalue weighted by Gasteiger charge is 2.38. The molecular weight excluding hydrogens is 493 g/mol. The van der Waals surface area contributed by atoms with Crippen LogP contribution in [0.1, 0.15) is 18.4 Å². The molecule has 0 spiro atoms. The van der Waals surface area contributed by atoms with Crippen molar-refractivity contribution in [1.29, 1.82) is 0 Å². The first-order valence-corrected chi connectivity index (χ1v) is 12.7. The summed E-state index contributed by atoms with van der Waals surface area (Å²) in [7, 11) is -3.59. The van der Waals surface area contributed by atoms with Gasteiger partial charge in [0.15, 0.2) is 0 Å². The molecule has 1 atom stereocenters. The molecule has 3 rings (SSSR count). The van der Waals surface area contributed by atoms with Crippen molar-refractivity contribution in [2.24, 2.45) is 11.8 Å². The average Bonchev–Trinajstić information content (AvgIpc) is 2.83. The molecule has 198 valence electrons. The molecule has 0 radical (unpaired) electrons. The van der Waals surface area contributed by atoms with Crippen molar-refractivity contribution in [1.82, 2.24) is 15.1 Å². The maximum atomic E-state index is 13.0. The molecule has 0 saturated carbocycles. The van der Waals surface area contributed by atoms with Crippen LogP contribution in [-0.4, -0.2) is 86.1 Å². The summed E-state index contributed by atoms with van der Waals surface area (Å²) < 4.78 is 59.2. The van der Waals surface area contributed by atoms with Gasteiger partial charge in [0.1, 0.15) is 0 Å². The van der Waals surface area contributed by atoms with E-state index in [2.05, 4.69) is 29.3 Å². The monoisotopic (exact) mass is 524 g/mol. The van der Waals surface area contributed by atoms with Gasteiger partial charge >= 0.3 is 12.1 Å². The number of carboxylic acids is 1. The van der Waals surface area contributed by atoms with Gasteiger partial charge in [-0.15, -0.1) is 0 Å². The van der Waals surface area contributed by atoms with Crippen LogP contribution in [0.3, 0.4) is 0 Å². The number of carbonyl (C=O) groups excluding carboxylic acids is 1. The smallest absolute Gasteiger partial charge is 0.475 e. The van der Waals surface area contributed by atoms with Crippen LogP contribution in [0.2, 0.25) is 0 Å². The van der Waals surface area contributed by atoms with Crippen LogP contribution >= 0.6 is 0 Å². The zero-order chi connectivity index (χ0) is 26.2. The number of sulfonamides is 1. The van der Waals surface area contributed by atoms with Crippen LogP contribution in [0, 0.1) is 18.8 Å². The molecule has 0 aliphatic carbocycles. The first-order chi connectivity index (χ1) is 16.4. The molecule has 2 aliphatic heterocycles. The van der Waals surface area contributed by atoms with Gasteiger partial charge < -0.3 is 15.3 Å². The number of hydrogen-bond donors (Lipinski definition) is 4. The Kier molecular flexibility index (Phi) is 10.3. The van der Waals surface area contributed by atoms with Gasteiger partial charge in [-0.05, 0) is 50.4 Å².